The Balaban J connectivity index is 1.90. The molecule has 8 heteroatoms. The number of methoxy groups -OCH3 is 2. The van der Waals surface area contributed by atoms with Crippen LogP contribution in [0.2, 0.25) is 0 Å². The number of ether oxygens (including phenoxy) is 2. The molecule has 1 aromatic heterocycles. The van der Waals surface area contributed by atoms with Gasteiger partial charge in [-0.3, -0.25) is 4.79 Å². The van der Waals surface area contributed by atoms with Crippen molar-refractivity contribution in [3.8, 4) is 11.5 Å². The van der Waals surface area contributed by atoms with Gasteiger partial charge in [0.15, 0.2) is 16.7 Å². The van der Waals surface area contributed by atoms with E-state index in [9.17, 15) is 4.79 Å². The molecule has 2 aromatic rings. The molecule has 1 aromatic carbocycles. The van der Waals surface area contributed by atoms with E-state index in [4.69, 9.17) is 9.47 Å². The van der Waals surface area contributed by atoms with Crippen LogP contribution in [-0.2, 0) is 24.3 Å². The lowest BCUT2D eigenvalue weighted by molar-refractivity contribution is -0.118. The van der Waals surface area contributed by atoms with Crippen molar-refractivity contribution < 1.29 is 14.3 Å². The van der Waals surface area contributed by atoms with E-state index in [2.05, 4.69) is 22.1 Å². The summed E-state index contributed by atoms with van der Waals surface area (Å²) in [5.41, 5.74) is 0.934. The average Bonchev–Trinajstić information content (AvgIpc) is 3.06. The first-order chi connectivity index (χ1) is 12.6. The summed E-state index contributed by atoms with van der Waals surface area (Å²) in [6, 6.07) is 5.56. The first-order valence-electron chi connectivity index (χ1n) is 8.26. The number of nitrogens with zero attached hydrogens (tertiary/aromatic N) is 3. The molecule has 0 aliphatic rings. The van der Waals surface area contributed by atoms with Crippen LogP contribution in [0.5, 0.6) is 11.5 Å². The molecule has 1 heterocycles. The summed E-state index contributed by atoms with van der Waals surface area (Å²) in [5, 5.41) is 11.9. The van der Waals surface area contributed by atoms with E-state index in [-0.39, 0.29) is 11.7 Å². The van der Waals surface area contributed by atoms with E-state index in [1.807, 2.05) is 29.7 Å². The number of allylic oxidation sites excluding steroid dienone is 1. The van der Waals surface area contributed by atoms with Crippen LogP contribution in [0.4, 0.5) is 0 Å². The highest BCUT2D eigenvalue weighted by atomic mass is 32.2. The largest absolute Gasteiger partial charge is 0.493 e. The smallest absolute Gasteiger partial charge is 0.230 e. The Morgan fingerprint density at radius 2 is 2.08 bits per heavy atom. The van der Waals surface area contributed by atoms with Gasteiger partial charge in [0.25, 0.3) is 0 Å². The zero-order valence-electron chi connectivity index (χ0n) is 15.3. The maximum Gasteiger partial charge on any atom is 0.230 e. The van der Waals surface area contributed by atoms with Crippen LogP contribution in [0.25, 0.3) is 0 Å². The number of hydrogen-bond donors (Lipinski definition) is 1. The Labute approximate surface area is 157 Å². The number of benzene rings is 1. The van der Waals surface area contributed by atoms with Gasteiger partial charge in [0.05, 0.1) is 20.0 Å². The van der Waals surface area contributed by atoms with Gasteiger partial charge in [-0.15, -0.1) is 16.8 Å². The van der Waals surface area contributed by atoms with Crippen LogP contribution in [0.1, 0.15) is 18.3 Å². The molecule has 26 heavy (non-hydrogen) atoms. The topological polar surface area (TPSA) is 78.3 Å². The van der Waals surface area contributed by atoms with Crippen molar-refractivity contribution >= 4 is 17.7 Å². The SMILES string of the molecule is C=CCn1c(CC)nnc1SCC(=O)NCc1ccc(OC)c(OC)c1. The summed E-state index contributed by atoms with van der Waals surface area (Å²) in [5.74, 6) is 2.38. The fourth-order valence-electron chi connectivity index (χ4n) is 2.37. The lowest BCUT2D eigenvalue weighted by Crippen LogP contribution is -2.24. The summed E-state index contributed by atoms with van der Waals surface area (Å²) < 4.78 is 12.5. The molecular formula is C18H24N4O3S. The molecule has 2 rings (SSSR count). The normalized spacial score (nSPS) is 10.4. The third kappa shape index (κ3) is 5.01. The van der Waals surface area contributed by atoms with Gasteiger partial charge in [-0.25, -0.2) is 0 Å². The molecule has 0 radical (unpaired) electrons. The number of nitrogens with one attached hydrogen (secondary N) is 1. The average molecular weight is 376 g/mol. The fourth-order valence-corrected chi connectivity index (χ4v) is 3.17. The van der Waals surface area contributed by atoms with Crippen LogP contribution in [0.3, 0.4) is 0 Å². The van der Waals surface area contributed by atoms with Gasteiger partial charge in [-0.05, 0) is 17.7 Å². The Kier molecular flexibility index (Phi) is 7.53. The highest BCUT2D eigenvalue weighted by molar-refractivity contribution is 7.99. The molecule has 0 saturated heterocycles. The van der Waals surface area contributed by atoms with Gasteiger partial charge in [0.1, 0.15) is 5.82 Å². The number of amides is 1. The lowest BCUT2D eigenvalue weighted by Gasteiger charge is -2.10. The lowest BCUT2D eigenvalue weighted by atomic mass is 10.2. The quantitative estimate of drug-likeness (QED) is 0.507. The number of hydrogen-bond acceptors (Lipinski definition) is 6. The van der Waals surface area contributed by atoms with E-state index < -0.39 is 0 Å². The van der Waals surface area contributed by atoms with E-state index in [0.29, 0.717) is 24.6 Å². The highest BCUT2D eigenvalue weighted by Gasteiger charge is 2.12. The van der Waals surface area contributed by atoms with Gasteiger partial charge in [-0.2, -0.15) is 0 Å². The maximum absolute atomic E-state index is 12.1. The number of aromatic nitrogens is 3. The second-order valence-corrected chi connectivity index (χ2v) is 6.35. The fraction of sp³-hybridized carbons (Fsp3) is 0.389. The summed E-state index contributed by atoms with van der Waals surface area (Å²) in [6.07, 6.45) is 2.58. The monoisotopic (exact) mass is 376 g/mol. The Hall–Kier alpha value is -2.48. The van der Waals surface area contributed by atoms with Crippen molar-refractivity contribution in [3.63, 3.8) is 0 Å². The van der Waals surface area contributed by atoms with Crippen molar-refractivity contribution in [1.29, 1.82) is 0 Å². The first-order valence-corrected chi connectivity index (χ1v) is 9.24. The molecule has 7 nitrogen and oxygen atoms in total. The van der Waals surface area contributed by atoms with E-state index >= 15 is 0 Å². The molecular weight excluding hydrogens is 352 g/mol. The van der Waals surface area contributed by atoms with Gasteiger partial charge >= 0.3 is 0 Å². The van der Waals surface area contributed by atoms with Crippen molar-refractivity contribution in [2.24, 2.45) is 0 Å². The van der Waals surface area contributed by atoms with E-state index in [1.165, 1.54) is 11.8 Å². The molecule has 0 fully saturated rings. The molecule has 1 amide bonds. The van der Waals surface area contributed by atoms with Crippen LogP contribution in [-0.4, -0.2) is 40.6 Å². The summed E-state index contributed by atoms with van der Waals surface area (Å²) >= 11 is 1.37. The zero-order chi connectivity index (χ0) is 18.9. The second kappa shape index (κ2) is 9.86. The molecule has 0 atom stereocenters. The minimum atomic E-state index is -0.0732. The van der Waals surface area contributed by atoms with Crippen molar-refractivity contribution in [2.75, 3.05) is 20.0 Å². The molecule has 0 spiro atoms. The van der Waals surface area contributed by atoms with Gasteiger partial charge in [0, 0.05) is 19.5 Å². The van der Waals surface area contributed by atoms with Crippen molar-refractivity contribution in [2.45, 2.75) is 31.6 Å². The Morgan fingerprint density at radius 1 is 1.31 bits per heavy atom. The van der Waals surface area contributed by atoms with Crippen LogP contribution in [0.15, 0.2) is 36.0 Å². The molecule has 140 valence electrons. The Morgan fingerprint density at radius 3 is 2.73 bits per heavy atom. The molecule has 0 aliphatic carbocycles. The highest BCUT2D eigenvalue weighted by Crippen LogP contribution is 2.27. The van der Waals surface area contributed by atoms with Crippen LogP contribution < -0.4 is 14.8 Å². The molecule has 0 saturated carbocycles. The number of carbonyl (C=O) groups is 1. The summed E-state index contributed by atoms with van der Waals surface area (Å²) in [6.45, 7) is 6.82. The third-order valence-corrected chi connectivity index (χ3v) is 4.66. The maximum atomic E-state index is 12.1. The van der Waals surface area contributed by atoms with Crippen LogP contribution in [0, 0.1) is 0 Å². The number of rotatable bonds is 10. The zero-order valence-corrected chi connectivity index (χ0v) is 16.1. The third-order valence-electron chi connectivity index (χ3n) is 3.69. The van der Waals surface area contributed by atoms with E-state index in [0.717, 1.165) is 23.0 Å². The number of carbonyl (C=O) groups excluding carboxylic acids is 1. The second-order valence-electron chi connectivity index (χ2n) is 5.41. The molecule has 0 unspecified atom stereocenters. The minimum Gasteiger partial charge on any atom is -0.493 e. The Bertz CT molecular complexity index is 761. The van der Waals surface area contributed by atoms with Gasteiger partial charge < -0.3 is 19.4 Å². The number of aryl methyl sites for hydroxylation is 1. The van der Waals surface area contributed by atoms with E-state index in [1.54, 1.807) is 20.3 Å². The summed E-state index contributed by atoms with van der Waals surface area (Å²) in [4.78, 5) is 12.1. The first kappa shape index (κ1) is 19.8. The van der Waals surface area contributed by atoms with Gasteiger partial charge in [-0.1, -0.05) is 30.8 Å². The minimum absolute atomic E-state index is 0.0732. The molecule has 1 N–H and O–H groups in total. The van der Waals surface area contributed by atoms with Gasteiger partial charge in [0.2, 0.25) is 5.91 Å². The predicted octanol–water partition coefficient (Wildman–Crippen LogP) is 2.45. The molecule has 0 aliphatic heterocycles. The van der Waals surface area contributed by atoms with Crippen molar-refractivity contribution in [1.82, 2.24) is 20.1 Å². The molecule has 0 bridgehead atoms. The van der Waals surface area contributed by atoms with Crippen molar-refractivity contribution in [3.05, 3.63) is 42.2 Å². The summed E-state index contributed by atoms with van der Waals surface area (Å²) in [7, 11) is 3.17. The predicted molar refractivity (Wildman–Crippen MR) is 102 cm³/mol. The van der Waals surface area contributed by atoms with Crippen LogP contribution >= 0.6 is 11.8 Å². The number of thioether (sulfide) groups is 1. The standard InChI is InChI=1S/C18H24N4O3S/c1-5-9-22-16(6-2)20-21-18(22)26-12-17(23)19-11-13-7-8-14(24-3)15(10-13)25-4/h5,7-8,10H,1,6,9,11-12H2,2-4H3,(H,19,23).